The van der Waals surface area contributed by atoms with E-state index in [0.29, 0.717) is 12.5 Å². The van der Waals surface area contributed by atoms with Crippen LogP contribution in [-0.2, 0) is 9.59 Å². The molecule has 0 bridgehead atoms. The molecule has 184 valence electrons. The highest BCUT2D eigenvalue weighted by molar-refractivity contribution is 6.30. The maximum absolute atomic E-state index is 13.4. The Hall–Kier alpha value is -1.63. The third-order valence-corrected chi connectivity index (χ3v) is 7.02. The highest BCUT2D eigenvalue weighted by atomic mass is 35.5. The molecular weight excluding hydrogens is 426 g/mol. The van der Waals surface area contributed by atoms with Gasteiger partial charge in [0.1, 0.15) is 6.04 Å². The number of amides is 2. The zero-order chi connectivity index (χ0) is 21.2. The molecule has 1 saturated heterocycles. The molecule has 7 heteroatoms. The number of nitrogens with zero attached hydrogens (tertiary/aromatic N) is 1. The standard InChI is InChI=1S/C24H35ClN2O2.CH4.H3N.H2O/c1-16(2)21(26-22(28)18-7-5-6-8-18)23(29)27-14-13-20(24(3,4)15-27)17-9-11-19(25)12-10-17;;;/h9-12,16,18,20-21H,5-8,13-15H2,1-4H3,(H,26,28);1H4;1H3;1H2/t20?,21-;;;/m1.../s1. The van der Waals surface area contributed by atoms with Crippen LogP contribution >= 0.6 is 11.6 Å². The van der Waals surface area contributed by atoms with Gasteiger partial charge in [-0.25, -0.2) is 0 Å². The first-order valence-electron chi connectivity index (χ1n) is 11.0. The molecule has 2 aliphatic rings. The lowest BCUT2D eigenvalue weighted by Crippen LogP contribution is -2.56. The number of piperidine rings is 1. The Balaban J connectivity index is 0.00000320. The molecule has 3 rings (SSSR count). The maximum atomic E-state index is 13.4. The summed E-state index contributed by atoms with van der Waals surface area (Å²) in [6, 6.07) is 7.65. The molecule has 1 aliphatic carbocycles. The predicted molar refractivity (Wildman–Crippen MR) is 133 cm³/mol. The van der Waals surface area contributed by atoms with Crippen LogP contribution < -0.4 is 11.5 Å². The average Bonchev–Trinajstić information content (AvgIpc) is 3.20. The molecule has 6 N–H and O–H groups in total. The second kappa shape index (κ2) is 12.6. The highest BCUT2D eigenvalue weighted by Crippen LogP contribution is 2.42. The van der Waals surface area contributed by atoms with Crippen molar-refractivity contribution in [3.8, 4) is 0 Å². The van der Waals surface area contributed by atoms with Crippen LogP contribution in [0.25, 0.3) is 0 Å². The molecule has 2 atom stereocenters. The molecule has 1 aromatic carbocycles. The van der Waals surface area contributed by atoms with Crippen molar-refractivity contribution in [2.45, 2.75) is 79.2 Å². The summed E-state index contributed by atoms with van der Waals surface area (Å²) in [4.78, 5) is 28.0. The molecule has 1 aromatic rings. The molecular formula is C25H44ClN3O3. The van der Waals surface area contributed by atoms with Gasteiger partial charge < -0.3 is 21.8 Å². The van der Waals surface area contributed by atoms with Gasteiger partial charge in [-0.05, 0) is 54.2 Å². The van der Waals surface area contributed by atoms with Crippen LogP contribution in [-0.4, -0.2) is 41.3 Å². The number of carbonyl (C=O) groups is 2. The summed E-state index contributed by atoms with van der Waals surface area (Å²) in [5.41, 5.74) is 1.24. The van der Waals surface area contributed by atoms with Crippen molar-refractivity contribution in [2.24, 2.45) is 17.3 Å². The van der Waals surface area contributed by atoms with Gasteiger partial charge in [0.05, 0.1) is 0 Å². The third kappa shape index (κ3) is 6.93. The lowest BCUT2D eigenvalue weighted by atomic mass is 9.70. The van der Waals surface area contributed by atoms with E-state index in [4.69, 9.17) is 11.6 Å². The number of nitrogens with one attached hydrogen (secondary N) is 1. The molecule has 32 heavy (non-hydrogen) atoms. The van der Waals surface area contributed by atoms with Crippen molar-refractivity contribution in [2.75, 3.05) is 13.1 Å². The van der Waals surface area contributed by atoms with Crippen LogP contribution in [0.15, 0.2) is 24.3 Å². The van der Waals surface area contributed by atoms with Crippen molar-refractivity contribution < 1.29 is 15.1 Å². The Morgan fingerprint density at radius 1 is 1.09 bits per heavy atom. The van der Waals surface area contributed by atoms with Crippen LogP contribution in [0, 0.1) is 17.3 Å². The first-order valence-corrected chi connectivity index (χ1v) is 11.4. The van der Waals surface area contributed by atoms with Gasteiger partial charge >= 0.3 is 0 Å². The van der Waals surface area contributed by atoms with Crippen molar-refractivity contribution in [3.05, 3.63) is 34.9 Å². The van der Waals surface area contributed by atoms with Crippen molar-refractivity contribution in [3.63, 3.8) is 0 Å². The number of hydrogen-bond donors (Lipinski definition) is 2. The van der Waals surface area contributed by atoms with Gasteiger partial charge in [0, 0.05) is 24.0 Å². The minimum atomic E-state index is -0.439. The Morgan fingerprint density at radius 3 is 2.16 bits per heavy atom. The van der Waals surface area contributed by atoms with Crippen molar-refractivity contribution >= 4 is 23.4 Å². The van der Waals surface area contributed by atoms with E-state index in [1.165, 1.54) is 5.56 Å². The predicted octanol–water partition coefficient (Wildman–Crippen LogP) is 4.99. The number of benzene rings is 1. The van der Waals surface area contributed by atoms with E-state index < -0.39 is 6.04 Å². The Morgan fingerprint density at radius 2 is 1.66 bits per heavy atom. The van der Waals surface area contributed by atoms with Gasteiger partial charge in [-0.3, -0.25) is 9.59 Å². The first kappa shape index (κ1) is 30.4. The fraction of sp³-hybridized carbons (Fsp3) is 0.680. The number of hydrogen-bond acceptors (Lipinski definition) is 3. The summed E-state index contributed by atoms with van der Waals surface area (Å²) in [6.07, 6.45) is 5.05. The average molecular weight is 470 g/mol. The Bertz CT molecular complexity index is 730. The van der Waals surface area contributed by atoms with Crippen molar-refractivity contribution in [1.82, 2.24) is 16.4 Å². The van der Waals surface area contributed by atoms with Gasteiger partial charge in [0.25, 0.3) is 0 Å². The van der Waals surface area contributed by atoms with Gasteiger partial charge in [0.15, 0.2) is 0 Å². The molecule has 2 amide bonds. The topological polar surface area (TPSA) is 116 Å². The fourth-order valence-electron chi connectivity index (χ4n) is 5.03. The monoisotopic (exact) mass is 469 g/mol. The number of rotatable bonds is 5. The van der Waals surface area contributed by atoms with Crippen LogP contribution in [0.2, 0.25) is 5.02 Å². The normalized spacial score (nSPS) is 21.1. The quantitative estimate of drug-likeness (QED) is 0.632. The summed E-state index contributed by atoms with van der Waals surface area (Å²) in [5.74, 6) is 0.661. The van der Waals surface area contributed by atoms with E-state index in [0.717, 1.165) is 43.7 Å². The van der Waals surface area contributed by atoms with E-state index in [2.05, 4.69) is 31.3 Å². The SMILES string of the molecule is C.CC(C)[C@@H](NC(=O)C1CCCC1)C(=O)N1CCC(c2ccc(Cl)cc2)C(C)(C)C1.N.O. The second-order valence-electron chi connectivity index (χ2n) is 9.85. The third-order valence-electron chi connectivity index (χ3n) is 6.77. The molecule has 1 aliphatic heterocycles. The van der Waals surface area contributed by atoms with E-state index in [-0.39, 0.29) is 48.1 Å². The molecule has 1 heterocycles. The minimum Gasteiger partial charge on any atom is -0.412 e. The summed E-state index contributed by atoms with van der Waals surface area (Å²) in [6.45, 7) is 9.91. The summed E-state index contributed by atoms with van der Waals surface area (Å²) in [7, 11) is 0. The van der Waals surface area contributed by atoms with Gasteiger partial charge in [-0.2, -0.15) is 0 Å². The lowest BCUT2D eigenvalue weighted by molar-refractivity contribution is -0.141. The van der Waals surface area contributed by atoms with E-state index in [9.17, 15) is 9.59 Å². The maximum Gasteiger partial charge on any atom is 0.245 e. The molecule has 0 aromatic heterocycles. The summed E-state index contributed by atoms with van der Waals surface area (Å²) >= 11 is 6.05. The molecule has 2 fully saturated rings. The van der Waals surface area contributed by atoms with Crippen LogP contribution in [0.1, 0.15) is 78.7 Å². The molecule has 1 unspecified atom stereocenters. The second-order valence-corrected chi connectivity index (χ2v) is 10.3. The van der Waals surface area contributed by atoms with E-state index in [1.807, 2.05) is 30.9 Å². The number of likely N-dealkylation sites (tertiary alicyclic amines) is 1. The van der Waals surface area contributed by atoms with Crippen molar-refractivity contribution in [1.29, 1.82) is 0 Å². The Kier molecular flexibility index (Phi) is 11.9. The van der Waals surface area contributed by atoms with Gasteiger partial charge in [-0.1, -0.05) is 71.7 Å². The Labute approximate surface area is 199 Å². The highest BCUT2D eigenvalue weighted by Gasteiger charge is 2.41. The number of halogens is 1. The van der Waals surface area contributed by atoms with Gasteiger partial charge in [-0.15, -0.1) is 0 Å². The summed E-state index contributed by atoms with van der Waals surface area (Å²) in [5, 5.41) is 3.83. The first-order chi connectivity index (χ1) is 13.7. The van der Waals surface area contributed by atoms with Crippen LogP contribution in [0.3, 0.4) is 0 Å². The molecule has 6 nitrogen and oxygen atoms in total. The fourth-order valence-corrected chi connectivity index (χ4v) is 5.15. The van der Waals surface area contributed by atoms with E-state index in [1.54, 1.807) is 0 Å². The van der Waals surface area contributed by atoms with Crippen LogP contribution in [0.5, 0.6) is 0 Å². The molecule has 1 saturated carbocycles. The zero-order valence-corrected chi connectivity index (χ0v) is 20.2. The van der Waals surface area contributed by atoms with E-state index >= 15 is 0 Å². The lowest BCUT2D eigenvalue weighted by Gasteiger charge is -2.46. The smallest absolute Gasteiger partial charge is 0.245 e. The molecule has 0 spiro atoms. The van der Waals surface area contributed by atoms with Crippen LogP contribution in [0.4, 0.5) is 0 Å². The molecule has 0 radical (unpaired) electrons. The summed E-state index contributed by atoms with van der Waals surface area (Å²) < 4.78 is 0. The zero-order valence-electron chi connectivity index (χ0n) is 19.4. The minimum absolute atomic E-state index is 0. The largest absolute Gasteiger partial charge is 0.412 e. The number of carbonyl (C=O) groups excluding carboxylic acids is 2. The van der Waals surface area contributed by atoms with Gasteiger partial charge in [0.2, 0.25) is 11.8 Å².